The van der Waals surface area contributed by atoms with Crippen molar-refractivity contribution in [3.05, 3.63) is 69.9 Å². The molecule has 0 aliphatic carbocycles. The Morgan fingerprint density at radius 1 is 1.08 bits per heavy atom. The number of amides is 2. The van der Waals surface area contributed by atoms with E-state index in [2.05, 4.69) is 10.6 Å². The van der Waals surface area contributed by atoms with Gasteiger partial charge in [0.15, 0.2) is 0 Å². The number of benzene rings is 2. The predicted octanol–water partition coefficient (Wildman–Crippen LogP) is 4.35. The lowest BCUT2D eigenvalue weighted by molar-refractivity contribution is -0.120. The summed E-state index contributed by atoms with van der Waals surface area (Å²) in [6.07, 6.45) is 0. The van der Waals surface area contributed by atoms with E-state index in [1.165, 1.54) is 12.1 Å². The maximum atomic E-state index is 12.1. The number of fused-ring (bicyclic) bond motifs is 1. The fourth-order valence-electron chi connectivity index (χ4n) is 2.48. The predicted molar refractivity (Wildman–Crippen MR) is 102 cm³/mol. The lowest BCUT2D eigenvalue weighted by Crippen LogP contribution is -2.37. The van der Waals surface area contributed by atoms with E-state index in [0.717, 1.165) is 11.0 Å². The summed E-state index contributed by atoms with van der Waals surface area (Å²) in [5, 5.41) is 6.95. The molecule has 5 nitrogen and oxygen atoms in total. The molecule has 0 aliphatic rings. The molecule has 0 saturated carbocycles. The second kappa shape index (κ2) is 7.81. The highest BCUT2D eigenvalue weighted by Gasteiger charge is 2.15. The van der Waals surface area contributed by atoms with E-state index in [9.17, 15) is 9.59 Å². The highest BCUT2D eigenvalue weighted by atomic mass is 35.5. The second-order valence-electron chi connectivity index (χ2n) is 5.79. The quantitative estimate of drug-likeness (QED) is 0.680. The molecular weight excluding hydrogens is 375 g/mol. The minimum Gasteiger partial charge on any atom is -0.459 e. The highest BCUT2D eigenvalue weighted by Crippen LogP contribution is 2.24. The van der Waals surface area contributed by atoms with Crippen LogP contribution in [0.2, 0.25) is 10.0 Å². The van der Waals surface area contributed by atoms with Crippen molar-refractivity contribution in [1.82, 2.24) is 10.6 Å². The van der Waals surface area contributed by atoms with Crippen molar-refractivity contribution in [2.75, 3.05) is 6.54 Å². The number of nitrogens with one attached hydrogen (secondary N) is 2. The lowest BCUT2D eigenvalue weighted by atomic mass is 10.2. The fourth-order valence-corrected chi connectivity index (χ4v) is 2.78. The molecule has 2 aromatic carbocycles. The molecular formula is C19H16Cl2N2O3. The Morgan fingerprint density at radius 3 is 2.58 bits per heavy atom. The molecule has 7 heteroatoms. The van der Waals surface area contributed by atoms with Gasteiger partial charge in [0, 0.05) is 10.9 Å². The van der Waals surface area contributed by atoms with Gasteiger partial charge in [-0.1, -0.05) is 41.4 Å². The van der Waals surface area contributed by atoms with Crippen molar-refractivity contribution in [3.63, 3.8) is 0 Å². The molecule has 1 unspecified atom stereocenters. The molecule has 1 aromatic heterocycles. The topological polar surface area (TPSA) is 71.3 Å². The van der Waals surface area contributed by atoms with Gasteiger partial charge in [-0.2, -0.15) is 0 Å². The summed E-state index contributed by atoms with van der Waals surface area (Å²) in [6.45, 7) is 1.65. The zero-order valence-electron chi connectivity index (χ0n) is 13.9. The van der Waals surface area contributed by atoms with Gasteiger partial charge in [0.25, 0.3) is 5.91 Å². The van der Waals surface area contributed by atoms with Crippen LogP contribution in [0.1, 0.15) is 29.1 Å². The van der Waals surface area contributed by atoms with Gasteiger partial charge in [-0.25, -0.2) is 0 Å². The molecule has 0 spiro atoms. The van der Waals surface area contributed by atoms with E-state index < -0.39 is 5.91 Å². The first kappa shape index (κ1) is 18.3. The van der Waals surface area contributed by atoms with Crippen molar-refractivity contribution in [2.24, 2.45) is 0 Å². The molecule has 134 valence electrons. The molecule has 2 amide bonds. The van der Waals surface area contributed by atoms with Crippen LogP contribution in [-0.2, 0) is 4.79 Å². The minimum atomic E-state index is -0.407. The number of furan rings is 1. The van der Waals surface area contributed by atoms with Gasteiger partial charge in [-0.3, -0.25) is 9.59 Å². The SMILES string of the molecule is CC(NC(=O)CNC(=O)c1ccc(Cl)c(Cl)c1)c1cc2ccccc2o1. The number of carbonyl (C=O) groups excluding carboxylic acids is 2. The van der Waals surface area contributed by atoms with Crippen molar-refractivity contribution < 1.29 is 14.0 Å². The van der Waals surface area contributed by atoms with Gasteiger partial charge in [0.1, 0.15) is 11.3 Å². The molecule has 3 rings (SSSR count). The summed E-state index contributed by atoms with van der Waals surface area (Å²) in [4.78, 5) is 24.2. The van der Waals surface area contributed by atoms with E-state index in [-0.39, 0.29) is 23.5 Å². The van der Waals surface area contributed by atoms with Gasteiger partial charge in [-0.15, -0.1) is 0 Å². The Hall–Kier alpha value is -2.50. The average molecular weight is 391 g/mol. The van der Waals surface area contributed by atoms with E-state index in [1.54, 1.807) is 6.07 Å². The van der Waals surface area contributed by atoms with Gasteiger partial charge in [-0.05, 0) is 37.3 Å². The third-order valence-corrected chi connectivity index (χ3v) is 4.58. The van der Waals surface area contributed by atoms with E-state index in [4.69, 9.17) is 27.6 Å². The van der Waals surface area contributed by atoms with Gasteiger partial charge < -0.3 is 15.1 Å². The first-order valence-corrected chi connectivity index (χ1v) is 8.70. The van der Waals surface area contributed by atoms with E-state index >= 15 is 0 Å². The van der Waals surface area contributed by atoms with Crippen LogP contribution in [0.25, 0.3) is 11.0 Å². The maximum absolute atomic E-state index is 12.1. The number of hydrogen-bond acceptors (Lipinski definition) is 3. The van der Waals surface area contributed by atoms with Crippen molar-refractivity contribution in [2.45, 2.75) is 13.0 Å². The zero-order valence-corrected chi connectivity index (χ0v) is 15.4. The van der Waals surface area contributed by atoms with Crippen molar-refractivity contribution >= 4 is 46.0 Å². The molecule has 0 radical (unpaired) electrons. The average Bonchev–Trinajstić information content (AvgIpc) is 3.06. The van der Waals surface area contributed by atoms with Crippen LogP contribution in [0, 0.1) is 0 Å². The Labute approximate surface area is 160 Å². The monoisotopic (exact) mass is 390 g/mol. The number of para-hydroxylation sites is 1. The molecule has 2 N–H and O–H groups in total. The number of halogens is 2. The third kappa shape index (κ3) is 4.18. The normalized spacial score (nSPS) is 12.0. The van der Waals surface area contributed by atoms with E-state index in [1.807, 2.05) is 37.3 Å². The summed E-state index contributed by atoms with van der Waals surface area (Å²) in [5.41, 5.74) is 1.09. The van der Waals surface area contributed by atoms with Gasteiger partial charge >= 0.3 is 0 Å². The van der Waals surface area contributed by atoms with Crippen LogP contribution >= 0.6 is 23.2 Å². The first-order chi connectivity index (χ1) is 12.4. The summed E-state index contributed by atoms with van der Waals surface area (Å²) < 4.78 is 5.72. The van der Waals surface area contributed by atoms with Crippen LogP contribution in [0.3, 0.4) is 0 Å². The van der Waals surface area contributed by atoms with Crippen molar-refractivity contribution in [1.29, 1.82) is 0 Å². The second-order valence-corrected chi connectivity index (χ2v) is 6.60. The Morgan fingerprint density at radius 2 is 1.85 bits per heavy atom. The Balaban J connectivity index is 1.56. The summed E-state index contributed by atoms with van der Waals surface area (Å²) >= 11 is 11.7. The largest absolute Gasteiger partial charge is 0.459 e. The first-order valence-electron chi connectivity index (χ1n) is 7.95. The Bertz CT molecular complexity index is 935. The van der Waals surface area contributed by atoms with Crippen LogP contribution in [0.15, 0.2) is 52.9 Å². The maximum Gasteiger partial charge on any atom is 0.251 e. The van der Waals surface area contributed by atoms with Crippen molar-refractivity contribution in [3.8, 4) is 0 Å². The number of rotatable bonds is 5. The standard InChI is InChI=1S/C19H16Cl2N2O3/c1-11(17-9-12-4-2-3-5-16(12)26-17)23-18(24)10-22-19(25)13-6-7-14(20)15(21)8-13/h2-9,11H,10H2,1H3,(H,22,25)(H,23,24). The Kier molecular flexibility index (Phi) is 5.49. The third-order valence-electron chi connectivity index (χ3n) is 3.84. The molecule has 1 heterocycles. The molecule has 0 bridgehead atoms. The summed E-state index contributed by atoms with van der Waals surface area (Å²) in [5.74, 6) is -0.0863. The van der Waals surface area contributed by atoms with Crippen LogP contribution in [0.4, 0.5) is 0 Å². The summed E-state index contributed by atoms with van der Waals surface area (Å²) in [6, 6.07) is 13.7. The van der Waals surface area contributed by atoms with Gasteiger partial charge in [0.2, 0.25) is 5.91 Å². The van der Waals surface area contributed by atoms with Crippen LogP contribution in [0.5, 0.6) is 0 Å². The van der Waals surface area contributed by atoms with E-state index in [0.29, 0.717) is 16.3 Å². The molecule has 3 aromatic rings. The zero-order chi connectivity index (χ0) is 18.7. The molecule has 0 saturated heterocycles. The minimum absolute atomic E-state index is 0.163. The van der Waals surface area contributed by atoms with Crippen LogP contribution < -0.4 is 10.6 Å². The number of hydrogen-bond donors (Lipinski definition) is 2. The van der Waals surface area contributed by atoms with Gasteiger partial charge in [0.05, 0.1) is 22.6 Å². The smallest absolute Gasteiger partial charge is 0.251 e. The lowest BCUT2D eigenvalue weighted by Gasteiger charge is -2.12. The molecule has 0 aliphatic heterocycles. The summed E-state index contributed by atoms with van der Waals surface area (Å²) in [7, 11) is 0. The van der Waals surface area contributed by atoms with Crippen LogP contribution in [-0.4, -0.2) is 18.4 Å². The highest BCUT2D eigenvalue weighted by molar-refractivity contribution is 6.42. The molecule has 26 heavy (non-hydrogen) atoms. The molecule has 1 atom stereocenters. The fraction of sp³-hybridized carbons (Fsp3) is 0.158. The number of carbonyl (C=O) groups is 2. The molecule has 0 fully saturated rings.